The molecule has 0 bridgehead atoms. The number of rotatable bonds is 3. The molecule has 2 N–H and O–H groups in total. The van der Waals surface area contributed by atoms with E-state index in [1.54, 1.807) is 12.1 Å². The molecular formula is C8H9ClN2O2. The maximum absolute atomic E-state index is 10.3. The third-order valence-electron chi connectivity index (χ3n) is 1.58. The zero-order valence-corrected chi connectivity index (χ0v) is 7.57. The molecule has 1 aromatic carbocycles. The van der Waals surface area contributed by atoms with E-state index in [9.17, 15) is 10.1 Å². The molecule has 0 radical (unpaired) electrons. The number of nitro groups is 1. The number of hydrogen-bond acceptors (Lipinski definition) is 3. The number of hydrogen-bond donors (Lipinski definition) is 1. The Morgan fingerprint density at radius 3 is 2.38 bits per heavy atom. The largest absolute Gasteiger partial charge is 0.315 e. The van der Waals surface area contributed by atoms with Crippen LogP contribution >= 0.6 is 11.6 Å². The fourth-order valence-corrected chi connectivity index (χ4v) is 1.16. The maximum atomic E-state index is 10.3. The SMILES string of the molecule is NC(Cl)Cc1ccc([N+](=O)[O-])cc1. The first-order valence-corrected chi connectivity index (χ1v) is 4.16. The summed E-state index contributed by atoms with van der Waals surface area (Å²) in [7, 11) is 0. The number of nitrogens with zero attached hydrogens (tertiary/aromatic N) is 1. The zero-order chi connectivity index (χ0) is 9.84. The summed E-state index contributed by atoms with van der Waals surface area (Å²) >= 11 is 5.56. The van der Waals surface area contributed by atoms with Crippen LogP contribution < -0.4 is 5.73 Å². The topological polar surface area (TPSA) is 69.2 Å². The molecule has 1 atom stereocenters. The van der Waals surface area contributed by atoms with E-state index in [1.165, 1.54) is 12.1 Å². The molecule has 0 aromatic heterocycles. The Balaban J connectivity index is 2.75. The normalized spacial score (nSPS) is 12.5. The van der Waals surface area contributed by atoms with E-state index in [-0.39, 0.29) is 5.69 Å². The Morgan fingerprint density at radius 1 is 1.46 bits per heavy atom. The highest BCUT2D eigenvalue weighted by atomic mass is 35.5. The molecule has 70 valence electrons. The molecule has 4 nitrogen and oxygen atoms in total. The lowest BCUT2D eigenvalue weighted by atomic mass is 10.1. The highest BCUT2D eigenvalue weighted by molar-refractivity contribution is 6.20. The summed E-state index contributed by atoms with van der Waals surface area (Å²) in [5.41, 5.74) is 5.88. The van der Waals surface area contributed by atoms with Crippen LogP contribution in [0.1, 0.15) is 5.56 Å². The minimum absolute atomic E-state index is 0.0758. The molecule has 1 aromatic rings. The van der Waals surface area contributed by atoms with Crippen molar-refractivity contribution in [2.75, 3.05) is 0 Å². The van der Waals surface area contributed by atoms with E-state index >= 15 is 0 Å². The van der Waals surface area contributed by atoms with Gasteiger partial charge in [0, 0.05) is 18.6 Å². The van der Waals surface area contributed by atoms with Crippen LogP contribution in [0.5, 0.6) is 0 Å². The Labute approximate surface area is 80.5 Å². The number of halogens is 1. The minimum Gasteiger partial charge on any atom is -0.315 e. The Morgan fingerprint density at radius 2 is 2.00 bits per heavy atom. The van der Waals surface area contributed by atoms with Gasteiger partial charge >= 0.3 is 0 Å². The van der Waals surface area contributed by atoms with Gasteiger partial charge in [0.25, 0.3) is 5.69 Å². The summed E-state index contributed by atoms with van der Waals surface area (Å²) < 4.78 is 0. The minimum atomic E-state index is -0.443. The maximum Gasteiger partial charge on any atom is 0.269 e. The van der Waals surface area contributed by atoms with Gasteiger partial charge in [-0.15, -0.1) is 11.6 Å². The Bertz CT molecular complexity index is 298. The smallest absolute Gasteiger partial charge is 0.269 e. The molecule has 13 heavy (non-hydrogen) atoms. The van der Waals surface area contributed by atoms with Gasteiger partial charge in [0.2, 0.25) is 0 Å². The van der Waals surface area contributed by atoms with E-state index in [4.69, 9.17) is 17.3 Å². The third-order valence-corrected chi connectivity index (χ3v) is 1.73. The molecule has 0 aliphatic carbocycles. The summed E-state index contributed by atoms with van der Waals surface area (Å²) in [5.74, 6) is 0. The number of nitrogens with two attached hydrogens (primary N) is 1. The Hall–Kier alpha value is -1.13. The van der Waals surface area contributed by atoms with Crippen molar-refractivity contribution < 1.29 is 4.92 Å². The van der Waals surface area contributed by atoms with Crippen LogP contribution in [0.25, 0.3) is 0 Å². The van der Waals surface area contributed by atoms with Crippen LogP contribution in [0, 0.1) is 10.1 Å². The lowest BCUT2D eigenvalue weighted by molar-refractivity contribution is -0.384. The first-order chi connectivity index (χ1) is 6.09. The second-order valence-electron chi connectivity index (χ2n) is 2.64. The molecule has 0 aliphatic heterocycles. The summed E-state index contributed by atoms with van der Waals surface area (Å²) in [4.78, 5) is 9.85. The van der Waals surface area contributed by atoms with Crippen molar-refractivity contribution in [2.45, 2.75) is 11.9 Å². The molecule has 0 heterocycles. The first kappa shape index (κ1) is 9.95. The average Bonchev–Trinajstić information content (AvgIpc) is 2.04. The number of non-ortho nitro benzene ring substituents is 1. The van der Waals surface area contributed by atoms with Gasteiger partial charge in [-0.25, -0.2) is 0 Å². The van der Waals surface area contributed by atoms with E-state index < -0.39 is 10.4 Å². The second-order valence-corrected chi connectivity index (χ2v) is 3.20. The van der Waals surface area contributed by atoms with E-state index in [1.807, 2.05) is 0 Å². The molecule has 1 unspecified atom stereocenters. The molecule has 0 spiro atoms. The zero-order valence-electron chi connectivity index (χ0n) is 6.81. The quantitative estimate of drug-likeness (QED) is 0.349. The fourth-order valence-electron chi connectivity index (χ4n) is 0.979. The molecular weight excluding hydrogens is 192 g/mol. The molecule has 0 fully saturated rings. The van der Waals surface area contributed by atoms with Gasteiger partial charge in [-0.2, -0.15) is 0 Å². The molecule has 0 saturated heterocycles. The number of benzene rings is 1. The highest BCUT2D eigenvalue weighted by Crippen LogP contribution is 2.13. The van der Waals surface area contributed by atoms with E-state index in [2.05, 4.69) is 0 Å². The second kappa shape index (κ2) is 4.20. The number of nitro benzene ring substituents is 1. The molecule has 1 rings (SSSR count). The van der Waals surface area contributed by atoms with Gasteiger partial charge in [0.05, 0.1) is 10.4 Å². The van der Waals surface area contributed by atoms with Crippen LogP contribution in [0.3, 0.4) is 0 Å². The van der Waals surface area contributed by atoms with Gasteiger partial charge in [0.15, 0.2) is 0 Å². The van der Waals surface area contributed by atoms with Gasteiger partial charge in [-0.05, 0) is 5.56 Å². The summed E-state index contributed by atoms with van der Waals surface area (Å²) in [6.07, 6.45) is 0.513. The van der Waals surface area contributed by atoms with Crippen molar-refractivity contribution in [1.29, 1.82) is 0 Å². The summed E-state index contributed by atoms with van der Waals surface area (Å²) in [5, 5.41) is 10.3. The van der Waals surface area contributed by atoms with E-state index in [0.717, 1.165) is 5.56 Å². The lowest BCUT2D eigenvalue weighted by Gasteiger charge is -2.01. The van der Waals surface area contributed by atoms with Crippen molar-refractivity contribution in [3.63, 3.8) is 0 Å². The van der Waals surface area contributed by atoms with Gasteiger partial charge < -0.3 is 5.73 Å². The Kier molecular flexibility index (Phi) is 3.22. The van der Waals surface area contributed by atoms with Crippen LogP contribution in [-0.4, -0.2) is 10.4 Å². The fraction of sp³-hybridized carbons (Fsp3) is 0.250. The number of alkyl halides is 1. The summed E-state index contributed by atoms with van der Waals surface area (Å²) in [6, 6.07) is 6.18. The standard InChI is InChI=1S/C8H9ClN2O2/c9-8(10)5-6-1-3-7(4-2-6)11(12)13/h1-4,8H,5,10H2. The molecule has 5 heteroatoms. The van der Waals surface area contributed by atoms with Gasteiger partial charge in [-0.1, -0.05) is 12.1 Å². The van der Waals surface area contributed by atoms with Crippen molar-refractivity contribution >= 4 is 17.3 Å². The van der Waals surface area contributed by atoms with Crippen molar-refractivity contribution in [1.82, 2.24) is 0 Å². The molecule has 0 saturated carbocycles. The monoisotopic (exact) mass is 200 g/mol. The van der Waals surface area contributed by atoms with Crippen molar-refractivity contribution in [3.05, 3.63) is 39.9 Å². The average molecular weight is 201 g/mol. The van der Waals surface area contributed by atoms with Crippen LogP contribution in [0.2, 0.25) is 0 Å². The molecule has 0 aliphatic rings. The first-order valence-electron chi connectivity index (χ1n) is 3.72. The lowest BCUT2D eigenvalue weighted by Crippen LogP contribution is -2.14. The van der Waals surface area contributed by atoms with Crippen LogP contribution in [0.15, 0.2) is 24.3 Å². The van der Waals surface area contributed by atoms with Crippen molar-refractivity contribution in [2.24, 2.45) is 5.73 Å². The van der Waals surface area contributed by atoms with Crippen LogP contribution in [-0.2, 0) is 6.42 Å². The van der Waals surface area contributed by atoms with Crippen LogP contribution in [0.4, 0.5) is 5.69 Å². The molecule has 0 amide bonds. The predicted molar refractivity (Wildman–Crippen MR) is 50.6 cm³/mol. The van der Waals surface area contributed by atoms with E-state index in [0.29, 0.717) is 6.42 Å². The van der Waals surface area contributed by atoms with Crippen molar-refractivity contribution in [3.8, 4) is 0 Å². The summed E-state index contributed by atoms with van der Waals surface area (Å²) in [6.45, 7) is 0. The highest BCUT2D eigenvalue weighted by Gasteiger charge is 2.05. The predicted octanol–water partition coefficient (Wildman–Crippen LogP) is 1.66. The third kappa shape index (κ3) is 3.01. The van der Waals surface area contributed by atoms with Gasteiger partial charge in [0.1, 0.15) is 0 Å². The van der Waals surface area contributed by atoms with Gasteiger partial charge in [-0.3, -0.25) is 10.1 Å².